The van der Waals surface area contributed by atoms with Gasteiger partial charge in [0, 0.05) is 31.6 Å². The summed E-state index contributed by atoms with van der Waals surface area (Å²) in [4.78, 5) is 8.62. The number of hydrogen-bond donors (Lipinski definition) is 1. The highest BCUT2D eigenvalue weighted by Crippen LogP contribution is 2.32. The van der Waals surface area contributed by atoms with Crippen LogP contribution in [0.1, 0.15) is 44.2 Å². The zero-order chi connectivity index (χ0) is 15.2. The van der Waals surface area contributed by atoms with Crippen LogP contribution in [0.2, 0.25) is 0 Å². The molecule has 4 nitrogen and oxygen atoms in total. The molecule has 1 aliphatic heterocycles. The Kier molecular flexibility index (Phi) is 6.45. The molecule has 120 valence electrons. The molecule has 2 unspecified atom stereocenters. The molecule has 5 heteroatoms. The monoisotopic (exact) mass is 311 g/mol. The van der Waals surface area contributed by atoms with Crippen molar-refractivity contribution in [3.05, 3.63) is 10.6 Å². The van der Waals surface area contributed by atoms with Gasteiger partial charge in [0.2, 0.25) is 0 Å². The third kappa shape index (κ3) is 4.41. The van der Waals surface area contributed by atoms with E-state index in [4.69, 9.17) is 9.72 Å². The van der Waals surface area contributed by atoms with Gasteiger partial charge in [-0.2, -0.15) is 0 Å². The molecule has 0 radical (unpaired) electrons. The van der Waals surface area contributed by atoms with Crippen molar-refractivity contribution in [2.24, 2.45) is 11.8 Å². The van der Waals surface area contributed by atoms with Crippen molar-refractivity contribution in [3.63, 3.8) is 0 Å². The van der Waals surface area contributed by atoms with Crippen LogP contribution in [0, 0.1) is 11.8 Å². The summed E-state index contributed by atoms with van der Waals surface area (Å²) < 4.78 is 5.31. The molecule has 2 rings (SSSR count). The van der Waals surface area contributed by atoms with Crippen molar-refractivity contribution in [1.82, 2.24) is 10.3 Å². The molecule has 1 saturated heterocycles. The zero-order valence-electron chi connectivity index (χ0n) is 13.8. The van der Waals surface area contributed by atoms with Gasteiger partial charge in [-0.15, -0.1) is 11.3 Å². The Bertz CT molecular complexity index is 435. The molecular weight excluding hydrogens is 282 g/mol. The van der Waals surface area contributed by atoms with Gasteiger partial charge in [0.15, 0.2) is 5.13 Å². The van der Waals surface area contributed by atoms with Crippen molar-refractivity contribution >= 4 is 16.5 Å². The molecule has 1 aromatic rings. The Morgan fingerprint density at radius 2 is 2.19 bits per heavy atom. The van der Waals surface area contributed by atoms with Crippen molar-refractivity contribution in [3.8, 4) is 0 Å². The van der Waals surface area contributed by atoms with Gasteiger partial charge in [-0.1, -0.05) is 20.8 Å². The highest BCUT2D eigenvalue weighted by Gasteiger charge is 2.25. The minimum absolute atomic E-state index is 0.611. The molecule has 1 fully saturated rings. The molecule has 0 bridgehead atoms. The number of aromatic nitrogens is 1. The fourth-order valence-corrected chi connectivity index (χ4v) is 3.78. The van der Waals surface area contributed by atoms with Crippen molar-refractivity contribution in [2.75, 3.05) is 31.6 Å². The average molecular weight is 311 g/mol. The quantitative estimate of drug-likeness (QED) is 0.784. The highest BCUT2D eigenvalue weighted by molar-refractivity contribution is 7.15. The van der Waals surface area contributed by atoms with Gasteiger partial charge >= 0.3 is 0 Å². The van der Waals surface area contributed by atoms with Crippen LogP contribution in [0.3, 0.4) is 0 Å². The molecule has 1 aliphatic rings. The standard InChI is InChI=1S/C16H29N3OS/c1-5-7-17-9-15-14(11-20-4)18-16(21-15)19-8-6-12(2)13(3)10-19/h12-13,17H,5-11H2,1-4H3. The number of nitrogens with zero attached hydrogens (tertiary/aromatic N) is 2. The van der Waals surface area contributed by atoms with Crippen LogP contribution in [-0.2, 0) is 17.9 Å². The average Bonchev–Trinajstić information content (AvgIpc) is 2.86. The minimum Gasteiger partial charge on any atom is -0.378 e. The fraction of sp³-hybridized carbons (Fsp3) is 0.812. The lowest BCUT2D eigenvalue weighted by molar-refractivity contribution is 0.181. The van der Waals surface area contributed by atoms with E-state index < -0.39 is 0 Å². The minimum atomic E-state index is 0.611. The van der Waals surface area contributed by atoms with Crippen LogP contribution in [0.5, 0.6) is 0 Å². The van der Waals surface area contributed by atoms with Crippen molar-refractivity contribution in [2.45, 2.75) is 46.8 Å². The van der Waals surface area contributed by atoms with E-state index in [1.807, 2.05) is 11.3 Å². The lowest BCUT2D eigenvalue weighted by Gasteiger charge is -2.35. The summed E-state index contributed by atoms with van der Waals surface area (Å²) in [5.74, 6) is 1.57. The van der Waals surface area contributed by atoms with Gasteiger partial charge in [-0.25, -0.2) is 4.98 Å². The predicted molar refractivity (Wildman–Crippen MR) is 90.0 cm³/mol. The first kappa shape index (κ1) is 16.7. The number of nitrogens with one attached hydrogen (secondary N) is 1. The summed E-state index contributed by atoms with van der Waals surface area (Å²) in [5, 5.41) is 4.65. The van der Waals surface area contributed by atoms with Crippen LogP contribution in [-0.4, -0.2) is 31.7 Å². The second-order valence-electron chi connectivity index (χ2n) is 6.17. The van der Waals surface area contributed by atoms with E-state index in [1.54, 1.807) is 7.11 Å². The summed E-state index contributed by atoms with van der Waals surface area (Å²) in [6, 6.07) is 0. The summed E-state index contributed by atoms with van der Waals surface area (Å²) in [6.07, 6.45) is 2.43. The second kappa shape index (κ2) is 8.11. The largest absolute Gasteiger partial charge is 0.378 e. The first-order chi connectivity index (χ1) is 10.2. The Balaban J connectivity index is 2.07. The van der Waals surface area contributed by atoms with E-state index >= 15 is 0 Å². The van der Waals surface area contributed by atoms with E-state index in [1.165, 1.54) is 16.4 Å². The van der Waals surface area contributed by atoms with Crippen LogP contribution in [0.25, 0.3) is 0 Å². The second-order valence-corrected chi connectivity index (χ2v) is 7.23. The Labute approximate surface area is 132 Å². The van der Waals surface area contributed by atoms with Gasteiger partial charge in [-0.3, -0.25) is 0 Å². The first-order valence-electron chi connectivity index (χ1n) is 8.08. The van der Waals surface area contributed by atoms with Gasteiger partial charge in [0.05, 0.1) is 12.3 Å². The number of rotatable bonds is 7. The van der Waals surface area contributed by atoms with E-state index in [0.29, 0.717) is 6.61 Å². The fourth-order valence-electron chi connectivity index (χ4n) is 2.71. The topological polar surface area (TPSA) is 37.4 Å². The van der Waals surface area contributed by atoms with E-state index in [-0.39, 0.29) is 0 Å². The molecule has 0 aliphatic carbocycles. The normalized spacial score (nSPS) is 22.8. The van der Waals surface area contributed by atoms with E-state index in [9.17, 15) is 0 Å². The molecule has 0 aromatic carbocycles. The predicted octanol–water partition coefficient (Wildman–Crippen LogP) is 3.27. The molecule has 0 saturated carbocycles. The maximum atomic E-state index is 5.31. The Morgan fingerprint density at radius 1 is 1.38 bits per heavy atom. The number of anilines is 1. The number of methoxy groups -OCH3 is 1. The van der Waals surface area contributed by atoms with Gasteiger partial charge in [-0.05, 0) is 31.2 Å². The first-order valence-corrected chi connectivity index (χ1v) is 8.90. The molecule has 21 heavy (non-hydrogen) atoms. The third-order valence-electron chi connectivity index (χ3n) is 4.37. The van der Waals surface area contributed by atoms with E-state index in [0.717, 1.165) is 50.1 Å². The maximum absolute atomic E-state index is 5.31. The summed E-state index contributed by atoms with van der Waals surface area (Å²) >= 11 is 1.83. The van der Waals surface area contributed by atoms with E-state index in [2.05, 4.69) is 31.0 Å². The number of hydrogen-bond acceptors (Lipinski definition) is 5. The van der Waals surface area contributed by atoms with Gasteiger partial charge in [0.25, 0.3) is 0 Å². The van der Waals surface area contributed by atoms with Crippen LogP contribution in [0.15, 0.2) is 0 Å². The molecular formula is C16H29N3OS. The zero-order valence-corrected chi connectivity index (χ0v) is 14.6. The molecule has 2 atom stereocenters. The third-order valence-corrected chi connectivity index (χ3v) is 5.52. The smallest absolute Gasteiger partial charge is 0.185 e. The number of thiazole rings is 1. The summed E-state index contributed by atoms with van der Waals surface area (Å²) in [7, 11) is 1.74. The molecule has 0 amide bonds. The van der Waals surface area contributed by atoms with Crippen LogP contribution >= 0.6 is 11.3 Å². The Morgan fingerprint density at radius 3 is 2.86 bits per heavy atom. The number of ether oxygens (including phenoxy) is 1. The Hall–Kier alpha value is -0.650. The summed E-state index contributed by atoms with van der Waals surface area (Å²) in [6.45, 7) is 11.7. The van der Waals surface area contributed by atoms with Crippen molar-refractivity contribution < 1.29 is 4.74 Å². The van der Waals surface area contributed by atoms with Crippen LogP contribution < -0.4 is 10.2 Å². The lowest BCUT2D eigenvalue weighted by Crippen LogP contribution is -2.38. The summed E-state index contributed by atoms with van der Waals surface area (Å²) in [5.41, 5.74) is 1.10. The molecule has 2 heterocycles. The van der Waals surface area contributed by atoms with Crippen LogP contribution in [0.4, 0.5) is 5.13 Å². The van der Waals surface area contributed by atoms with Crippen molar-refractivity contribution in [1.29, 1.82) is 0 Å². The van der Waals surface area contributed by atoms with Gasteiger partial charge in [0.1, 0.15) is 0 Å². The molecule has 1 aromatic heterocycles. The molecule has 0 spiro atoms. The number of piperidine rings is 1. The molecule has 1 N–H and O–H groups in total. The van der Waals surface area contributed by atoms with Gasteiger partial charge < -0.3 is 15.0 Å². The SMILES string of the molecule is CCCNCc1sc(N2CCC(C)C(C)C2)nc1COC. The lowest BCUT2D eigenvalue weighted by atomic mass is 9.89. The highest BCUT2D eigenvalue weighted by atomic mass is 32.1. The maximum Gasteiger partial charge on any atom is 0.185 e.